The number of anilines is 3. The Hall–Kier alpha value is -3.16. The molecule has 0 bridgehead atoms. The molecule has 0 unspecified atom stereocenters. The predicted octanol–water partition coefficient (Wildman–Crippen LogP) is 2.04. The second-order valence-electron chi connectivity index (χ2n) is 6.34. The lowest BCUT2D eigenvalue weighted by atomic mass is 10.2. The normalized spacial score (nSPS) is 13.0. The molecule has 0 spiro atoms. The zero-order valence-corrected chi connectivity index (χ0v) is 14.8. The van der Waals surface area contributed by atoms with Gasteiger partial charge in [-0.15, -0.1) is 0 Å². The highest BCUT2D eigenvalue weighted by Gasteiger charge is 2.21. The molecule has 2 aromatic rings. The number of nitrogens with zero attached hydrogens (tertiary/aromatic N) is 3. The smallest absolute Gasteiger partial charge is 0.272 e. The molecule has 0 saturated heterocycles. The number of nitrogens with one attached hydrogen (secondary N) is 3. The Morgan fingerprint density at radius 2 is 1.96 bits per heavy atom. The predicted molar refractivity (Wildman–Crippen MR) is 99.9 cm³/mol. The van der Waals surface area contributed by atoms with Crippen molar-refractivity contribution in [2.24, 2.45) is 5.92 Å². The maximum atomic E-state index is 12.1. The lowest BCUT2D eigenvalue weighted by Crippen LogP contribution is -2.30. The van der Waals surface area contributed by atoms with Gasteiger partial charge in [-0.05, 0) is 37.0 Å². The zero-order valence-electron chi connectivity index (χ0n) is 14.8. The minimum Gasteiger partial charge on any atom is -0.383 e. The number of hydrogen-bond donors (Lipinski definition) is 3. The van der Waals surface area contributed by atoms with Gasteiger partial charge < -0.3 is 10.2 Å². The summed E-state index contributed by atoms with van der Waals surface area (Å²) in [5.41, 5.74) is 8.11. The SMILES string of the molecule is CC(=O)N(C)c1cc(NNC(=O)c2cncnc2)ccc1NCC1CC1. The van der Waals surface area contributed by atoms with Gasteiger partial charge in [0, 0.05) is 32.9 Å². The summed E-state index contributed by atoms with van der Waals surface area (Å²) < 4.78 is 0. The number of benzene rings is 1. The molecule has 8 nitrogen and oxygen atoms in total. The van der Waals surface area contributed by atoms with Gasteiger partial charge in [0.25, 0.3) is 5.91 Å². The third-order valence-electron chi connectivity index (χ3n) is 4.25. The van der Waals surface area contributed by atoms with Crippen LogP contribution in [0.5, 0.6) is 0 Å². The number of carbonyl (C=O) groups excluding carboxylic acids is 2. The van der Waals surface area contributed by atoms with Crippen LogP contribution in [-0.2, 0) is 4.79 Å². The van der Waals surface area contributed by atoms with E-state index in [4.69, 9.17) is 0 Å². The fourth-order valence-corrected chi connectivity index (χ4v) is 2.40. The maximum Gasteiger partial charge on any atom is 0.272 e. The number of rotatable bonds is 7. The first-order chi connectivity index (χ1) is 12.5. The van der Waals surface area contributed by atoms with E-state index < -0.39 is 0 Å². The van der Waals surface area contributed by atoms with Crippen LogP contribution in [0.4, 0.5) is 17.1 Å². The second kappa shape index (κ2) is 7.81. The molecule has 1 aliphatic rings. The van der Waals surface area contributed by atoms with Crippen LogP contribution >= 0.6 is 0 Å². The summed E-state index contributed by atoms with van der Waals surface area (Å²) in [6.07, 6.45) is 6.73. The summed E-state index contributed by atoms with van der Waals surface area (Å²) >= 11 is 0. The van der Waals surface area contributed by atoms with Gasteiger partial charge in [-0.1, -0.05) is 0 Å². The van der Waals surface area contributed by atoms with Crippen molar-refractivity contribution in [3.05, 3.63) is 42.5 Å². The van der Waals surface area contributed by atoms with Gasteiger partial charge in [0.1, 0.15) is 6.33 Å². The Morgan fingerprint density at radius 1 is 1.23 bits per heavy atom. The van der Waals surface area contributed by atoms with Crippen LogP contribution in [0.1, 0.15) is 30.1 Å². The molecule has 1 aromatic heterocycles. The molecule has 3 rings (SSSR count). The summed E-state index contributed by atoms with van der Waals surface area (Å²) in [5, 5.41) is 3.40. The number of hydrogen-bond acceptors (Lipinski definition) is 6. The Balaban J connectivity index is 1.71. The molecule has 0 atom stereocenters. The number of hydrazine groups is 1. The first-order valence-electron chi connectivity index (χ1n) is 8.48. The molecule has 0 aliphatic heterocycles. The quantitative estimate of drug-likeness (QED) is 0.658. The number of amides is 2. The summed E-state index contributed by atoms with van der Waals surface area (Å²) in [4.78, 5) is 33.1. The number of aromatic nitrogens is 2. The lowest BCUT2D eigenvalue weighted by Gasteiger charge is -2.21. The van der Waals surface area contributed by atoms with Gasteiger partial charge in [0.05, 0.1) is 22.6 Å². The fraction of sp³-hybridized carbons (Fsp3) is 0.333. The summed E-state index contributed by atoms with van der Waals surface area (Å²) in [6.45, 7) is 2.41. The van der Waals surface area contributed by atoms with Crippen LogP contribution in [0.25, 0.3) is 0 Å². The van der Waals surface area contributed by atoms with Crippen molar-refractivity contribution in [1.82, 2.24) is 15.4 Å². The summed E-state index contributed by atoms with van der Waals surface area (Å²) in [6, 6.07) is 5.56. The van der Waals surface area contributed by atoms with Crippen molar-refractivity contribution in [2.75, 3.05) is 29.2 Å². The van der Waals surface area contributed by atoms with Crippen molar-refractivity contribution >= 4 is 28.9 Å². The van der Waals surface area contributed by atoms with Crippen LogP contribution in [0.2, 0.25) is 0 Å². The standard InChI is InChI=1S/C18H22N6O2/c1-12(25)24(2)17-7-15(5-6-16(17)21-8-13-3-4-13)22-23-18(26)14-9-19-11-20-10-14/h5-7,9-11,13,21-22H,3-4,8H2,1-2H3,(H,23,26). The summed E-state index contributed by atoms with van der Waals surface area (Å²) in [5.74, 6) is 0.306. The van der Waals surface area contributed by atoms with E-state index in [-0.39, 0.29) is 11.8 Å². The van der Waals surface area contributed by atoms with Crippen LogP contribution < -0.4 is 21.1 Å². The van der Waals surface area contributed by atoms with Crippen molar-refractivity contribution in [2.45, 2.75) is 19.8 Å². The molecule has 1 saturated carbocycles. The van der Waals surface area contributed by atoms with E-state index >= 15 is 0 Å². The van der Waals surface area contributed by atoms with E-state index in [1.54, 1.807) is 11.9 Å². The van der Waals surface area contributed by atoms with Gasteiger partial charge in [-0.3, -0.25) is 20.4 Å². The average Bonchev–Trinajstić information content (AvgIpc) is 3.49. The Morgan fingerprint density at radius 3 is 2.62 bits per heavy atom. The monoisotopic (exact) mass is 354 g/mol. The Bertz CT molecular complexity index is 792. The van der Waals surface area contributed by atoms with Gasteiger partial charge >= 0.3 is 0 Å². The highest BCUT2D eigenvalue weighted by atomic mass is 16.2. The highest BCUT2D eigenvalue weighted by Crippen LogP contribution is 2.32. The van der Waals surface area contributed by atoms with Gasteiger partial charge in [-0.2, -0.15) is 0 Å². The molecule has 26 heavy (non-hydrogen) atoms. The Labute approximate surface area is 152 Å². The number of carbonyl (C=O) groups is 2. The molecule has 1 heterocycles. The highest BCUT2D eigenvalue weighted by molar-refractivity contribution is 5.96. The zero-order chi connectivity index (χ0) is 18.5. The minimum absolute atomic E-state index is 0.0675. The van der Waals surface area contributed by atoms with Crippen molar-refractivity contribution in [1.29, 1.82) is 0 Å². The topological polar surface area (TPSA) is 99.3 Å². The summed E-state index contributed by atoms with van der Waals surface area (Å²) in [7, 11) is 1.73. The Kier molecular flexibility index (Phi) is 5.31. The molecule has 2 amide bonds. The largest absolute Gasteiger partial charge is 0.383 e. The van der Waals surface area contributed by atoms with E-state index in [1.165, 1.54) is 38.5 Å². The first kappa shape index (κ1) is 17.7. The molecule has 136 valence electrons. The minimum atomic E-state index is -0.344. The molecule has 1 aliphatic carbocycles. The molecule has 3 N–H and O–H groups in total. The van der Waals surface area contributed by atoms with Crippen molar-refractivity contribution in [3.8, 4) is 0 Å². The van der Waals surface area contributed by atoms with Gasteiger partial charge in [-0.25, -0.2) is 9.97 Å². The van der Waals surface area contributed by atoms with E-state index in [0.29, 0.717) is 11.3 Å². The van der Waals surface area contributed by atoms with E-state index in [2.05, 4.69) is 26.1 Å². The van der Waals surface area contributed by atoms with Crippen molar-refractivity contribution in [3.63, 3.8) is 0 Å². The maximum absolute atomic E-state index is 12.1. The van der Waals surface area contributed by atoms with E-state index in [0.717, 1.165) is 23.8 Å². The fourth-order valence-electron chi connectivity index (χ4n) is 2.40. The van der Waals surface area contributed by atoms with Crippen LogP contribution in [-0.4, -0.2) is 35.4 Å². The van der Waals surface area contributed by atoms with Crippen LogP contribution in [0.3, 0.4) is 0 Å². The average molecular weight is 354 g/mol. The van der Waals surface area contributed by atoms with E-state index in [1.807, 2.05) is 18.2 Å². The van der Waals surface area contributed by atoms with Crippen LogP contribution in [0.15, 0.2) is 36.9 Å². The molecule has 1 fully saturated rings. The van der Waals surface area contributed by atoms with Gasteiger partial charge in [0.15, 0.2) is 0 Å². The third-order valence-corrected chi connectivity index (χ3v) is 4.25. The molecular weight excluding hydrogens is 332 g/mol. The third kappa shape index (κ3) is 4.47. The van der Waals surface area contributed by atoms with Crippen molar-refractivity contribution < 1.29 is 9.59 Å². The molecule has 1 aromatic carbocycles. The second-order valence-corrected chi connectivity index (χ2v) is 6.34. The molecular formula is C18H22N6O2. The van der Waals surface area contributed by atoms with Gasteiger partial charge in [0.2, 0.25) is 5.91 Å². The first-order valence-corrected chi connectivity index (χ1v) is 8.48. The molecule has 0 radical (unpaired) electrons. The van der Waals surface area contributed by atoms with E-state index in [9.17, 15) is 9.59 Å². The lowest BCUT2D eigenvalue weighted by molar-refractivity contribution is -0.116. The molecule has 8 heteroatoms. The van der Waals surface area contributed by atoms with Crippen LogP contribution in [0, 0.1) is 5.92 Å².